The normalized spacial score (nSPS) is 10.3. The second kappa shape index (κ2) is 8.28. The SMILES string of the molecule is CCCCC(=O)c1ccccc1NC(=O)c1ccc(CC)cc1. The molecule has 0 atom stereocenters. The molecule has 1 amide bonds. The Kier molecular flexibility index (Phi) is 6.10. The zero-order chi connectivity index (χ0) is 16.7. The highest BCUT2D eigenvalue weighted by Crippen LogP contribution is 2.19. The van der Waals surface area contributed by atoms with Crippen LogP contribution in [0.25, 0.3) is 0 Å². The smallest absolute Gasteiger partial charge is 0.255 e. The lowest BCUT2D eigenvalue weighted by Crippen LogP contribution is -2.15. The maximum absolute atomic E-state index is 12.4. The molecular weight excluding hydrogens is 286 g/mol. The quantitative estimate of drug-likeness (QED) is 0.741. The zero-order valence-corrected chi connectivity index (χ0v) is 13.8. The van der Waals surface area contributed by atoms with Crippen LogP contribution in [0, 0.1) is 0 Å². The van der Waals surface area contributed by atoms with Crippen molar-refractivity contribution in [2.75, 3.05) is 5.32 Å². The van der Waals surface area contributed by atoms with Crippen molar-refractivity contribution in [3.63, 3.8) is 0 Å². The number of benzene rings is 2. The molecule has 0 aromatic heterocycles. The number of hydrogen-bond donors (Lipinski definition) is 1. The summed E-state index contributed by atoms with van der Waals surface area (Å²) >= 11 is 0. The van der Waals surface area contributed by atoms with Gasteiger partial charge in [-0.3, -0.25) is 9.59 Å². The molecule has 23 heavy (non-hydrogen) atoms. The molecule has 0 aliphatic rings. The third-order valence-electron chi connectivity index (χ3n) is 3.86. The van der Waals surface area contributed by atoms with Crippen LogP contribution < -0.4 is 5.32 Å². The fourth-order valence-corrected chi connectivity index (χ4v) is 2.39. The van der Waals surface area contributed by atoms with E-state index in [0.717, 1.165) is 19.3 Å². The van der Waals surface area contributed by atoms with E-state index in [1.807, 2.05) is 36.4 Å². The van der Waals surface area contributed by atoms with E-state index < -0.39 is 0 Å². The number of unbranched alkanes of at least 4 members (excludes halogenated alkanes) is 1. The molecule has 0 heterocycles. The number of para-hydroxylation sites is 1. The highest BCUT2D eigenvalue weighted by atomic mass is 16.1. The molecule has 0 saturated carbocycles. The summed E-state index contributed by atoms with van der Waals surface area (Å²) < 4.78 is 0. The van der Waals surface area contributed by atoms with E-state index in [9.17, 15) is 9.59 Å². The van der Waals surface area contributed by atoms with Gasteiger partial charge in [0.15, 0.2) is 5.78 Å². The van der Waals surface area contributed by atoms with Gasteiger partial charge in [-0.1, -0.05) is 44.5 Å². The maximum atomic E-state index is 12.4. The Morgan fingerprint density at radius 3 is 2.30 bits per heavy atom. The van der Waals surface area contributed by atoms with Gasteiger partial charge in [0.05, 0.1) is 5.69 Å². The minimum Gasteiger partial charge on any atom is -0.321 e. The molecule has 0 aliphatic heterocycles. The summed E-state index contributed by atoms with van der Waals surface area (Å²) in [5, 5.41) is 2.86. The first-order valence-corrected chi connectivity index (χ1v) is 8.18. The number of carbonyl (C=O) groups excluding carboxylic acids is 2. The Bertz CT molecular complexity index is 674. The van der Waals surface area contributed by atoms with E-state index >= 15 is 0 Å². The molecule has 0 saturated heterocycles. The van der Waals surface area contributed by atoms with Crippen molar-refractivity contribution < 1.29 is 9.59 Å². The lowest BCUT2D eigenvalue weighted by molar-refractivity contribution is 0.0980. The van der Waals surface area contributed by atoms with Gasteiger partial charge in [-0.2, -0.15) is 0 Å². The number of nitrogens with one attached hydrogen (secondary N) is 1. The molecule has 1 N–H and O–H groups in total. The lowest BCUT2D eigenvalue weighted by atomic mass is 10.0. The van der Waals surface area contributed by atoms with Gasteiger partial charge in [0, 0.05) is 17.5 Å². The highest BCUT2D eigenvalue weighted by molar-refractivity contribution is 6.09. The van der Waals surface area contributed by atoms with Gasteiger partial charge in [-0.15, -0.1) is 0 Å². The van der Waals surface area contributed by atoms with Crippen LogP contribution in [0.2, 0.25) is 0 Å². The van der Waals surface area contributed by atoms with Gasteiger partial charge in [0.25, 0.3) is 5.91 Å². The van der Waals surface area contributed by atoms with Crippen LogP contribution in [0.3, 0.4) is 0 Å². The van der Waals surface area contributed by atoms with E-state index in [4.69, 9.17) is 0 Å². The Balaban J connectivity index is 2.15. The Morgan fingerprint density at radius 1 is 0.957 bits per heavy atom. The van der Waals surface area contributed by atoms with Gasteiger partial charge >= 0.3 is 0 Å². The molecule has 0 radical (unpaired) electrons. The van der Waals surface area contributed by atoms with Crippen molar-refractivity contribution in [1.82, 2.24) is 0 Å². The molecular formula is C20H23NO2. The number of carbonyl (C=O) groups is 2. The van der Waals surface area contributed by atoms with Gasteiger partial charge in [-0.25, -0.2) is 0 Å². The standard InChI is InChI=1S/C20H23NO2/c1-3-5-10-19(22)17-8-6-7-9-18(17)21-20(23)16-13-11-15(4-2)12-14-16/h6-9,11-14H,3-5,10H2,1-2H3,(H,21,23). The largest absolute Gasteiger partial charge is 0.321 e. The first-order valence-electron chi connectivity index (χ1n) is 8.18. The minimum atomic E-state index is -0.191. The second-order valence-electron chi connectivity index (χ2n) is 5.58. The van der Waals surface area contributed by atoms with E-state index in [-0.39, 0.29) is 11.7 Å². The summed E-state index contributed by atoms with van der Waals surface area (Å²) in [6.45, 7) is 4.13. The molecule has 3 heteroatoms. The van der Waals surface area contributed by atoms with Crippen LogP contribution in [0.5, 0.6) is 0 Å². The zero-order valence-electron chi connectivity index (χ0n) is 13.8. The van der Waals surface area contributed by atoms with Gasteiger partial charge in [-0.05, 0) is 42.7 Å². The van der Waals surface area contributed by atoms with Crippen LogP contribution in [-0.4, -0.2) is 11.7 Å². The molecule has 2 aromatic rings. The average Bonchev–Trinajstić information content (AvgIpc) is 2.60. The van der Waals surface area contributed by atoms with Crippen molar-refractivity contribution in [2.24, 2.45) is 0 Å². The lowest BCUT2D eigenvalue weighted by Gasteiger charge is -2.10. The molecule has 0 bridgehead atoms. The van der Waals surface area contributed by atoms with Gasteiger partial charge in [0.2, 0.25) is 0 Å². The van der Waals surface area contributed by atoms with E-state index in [1.165, 1.54) is 5.56 Å². The summed E-state index contributed by atoms with van der Waals surface area (Å²) in [5.41, 5.74) is 2.95. The summed E-state index contributed by atoms with van der Waals surface area (Å²) in [5.74, 6) is -0.118. The van der Waals surface area contributed by atoms with Crippen LogP contribution >= 0.6 is 0 Å². The van der Waals surface area contributed by atoms with Crippen molar-refractivity contribution in [3.8, 4) is 0 Å². The van der Waals surface area contributed by atoms with Gasteiger partial charge in [0.1, 0.15) is 0 Å². The molecule has 2 rings (SSSR count). The van der Waals surface area contributed by atoms with Crippen LogP contribution in [0.4, 0.5) is 5.69 Å². The van der Waals surface area contributed by atoms with Crippen LogP contribution in [0.15, 0.2) is 48.5 Å². The Morgan fingerprint density at radius 2 is 1.65 bits per heavy atom. The number of aryl methyl sites for hydroxylation is 1. The third kappa shape index (κ3) is 4.52. The fraction of sp³-hybridized carbons (Fsp3) is 0.300. The monoisotopic (exact) mass is 309 g/mol. The fourth-order valence-electron chi connectivity index (χ4n) is 2.39. The van der Waals surface area contributed by atoms with E-state index in [2.05, 4.69) is 19.2 Å². The number of ketones is 1. The topological polar surface area (TPSA) is 46.2 Å². The molecule has 120 valence electrons. The molecule has 0 spiro atoms. The minimum absolute atomic E-state index is 0.0732. The van der Waals surface area contributed by atoms with E-state index in [1.54, 1.807) is 12.1 Å². The molecule has 0 aliphatic carbocycles. The first-order chi connectivity index (χ1) is 11.2. The number of hydrogen-bond acceptors (Lipinski definition) is 2. The molecule has 3 nitrogen and oxygen atoms in total. The number of anilines is 1. The van der Waals surface area contributed by atoms with Crippen LogP contribution in [-0.2, 0) is 6.42 Å². The number of amides is 1. The summed E-state index contributed by atoms with van der Waals surface area (Å²) in [6, 6.07) is 14.7. The number of Topliss-reactive ketones (excluding diaryl/α,β-unsaturated/α-hetero) is 1. The van der Waals surface area contributed by atoms with Gasteiger partial charge < -0.3 is 5.32 Å². The molecule has 2 aromatic carbocycles. The van der Waals surface area contributed by atoms with Crippen molar-refractivity contribution in [1.29, 1.82) is 0 Å². The Labute approximate surface area is 137 Å². The predicted octanol–water partition coefficient (Wildman–Crippen LogP) is 4.87. The maximum Gasteiger partial charge on any atom is 0.255 e. The summed E-state index contributed by atoms with van der Waals surface area (Å²) in [7, 11) is 0. The summed E-state index contributed by atoms with van der Waals surface area (Å²) in [6.07, 6.45) is 3.29. The molecule has 0 unspecified atom stereocenters. The van der Waals surface area contributed by atoms with Crippen molar-refractivity contribution in [2.45, 2.75) is 39.5 Å². The van der Waals surface area contributed by atoms with Crippen molar-refractivity contribution in [3.05, 3.63) is 65.2 Å². The molecule has 0 fully saturated rings. The average molecular weight is 309 g/mol. The van der Waals surface area contributed by atoms with E-state index in [0.29, 0.717) is 23.2 Å². The first kappa shape index (κ1) is 16.9. The second-order valence-corrected chi connectivity index (χ2v) is 5.58. The predicted molar refractivity (Wildman–Crippen MR) is 94.1 cm³/mol. The third-order valence-corrected chi connectivity index (χ3v) is 3.86. The summed E-state index contributed by atoms with van der Waals surface area (Å²) in [4.78, 5) is 24.7. The number of rotatable bonds is 7. The Hall–Kier alpha value is -2.42. The van der Waals surface area contributed by atoms with Crippen molar-refractivity contribution >= 4 is 17.4 Å². The van der Waals surface area contributed by atoms with Crippen LogP contribution in [0.1, 0.15) is 59.4 Å². The highest BCUT2D eigenvalue weighted by Gasteiger charge is 2.13.